The van der Waals surface area contributed by atoms with Crippen molar-refractivity contribution >= 4 is 17.3 Å². The van der Waals surface area contributed by atoms with Crippen LogP contribution in [0.1, 0.15) is 20.8 Å². The minimum Gasteiger partial charge on any atom is -0.365 e. The Morgan fingerprint density at radius 2 is 1.50 bits per heavy atom. The molecule has 1 aromatic heterocycles. The molecule has 134 valence electrons. The fourth-order valence-corrected chi connectivity index (χ4v) is 2.40. The third-order valence-electron chi connectivity index (χ3n) is 3.45. The van der Waals surface area contributed by atoms with E-state index in [1.807, 2.05) is 51.1 Å². The predicted molar refractivity (Wildman–Crippen MR) is 100 cm³/mol. The van der Waals surface area contributed by atoms with Crippen LogP contribution < -0.4 is 10.6 Å². The first-order chi connectivity index (χ1) is 12.3. The van der Waals surface area contributed by atoms with Crippen LogP contribution in [0.15, 0.2) is 54.6 Å². The highest BCUT2D eigenvalue weighted by molar-refractivity contribution is 5.65. The van der Waals surface area contributed by atoms with E-state index in [0.29, 0.717) is 23.1 Å². The van der Waals surface area contributed by atoms with Crippen molar-refractivity contribution in [3.63, 3.8) is 0 Å². The molecule has 0 aliphatic rings. The molecule has 0 aliphatic heterocycles. The van der Waals surface area contributed by atoms with Crippen molar-refractivity contribution in [3.05, 3.63) is 66.2 Å². The highest BCUT2D eigenvalue weighted by Gasteiger charge is 2.14. The van der Waals surface area contributed by atoms with E-state index >= 15 is 0 Å². The molecule has 4 nitrogen and oxygen atoms in total. The Bertz CT molecular complexity index is 905. The second-order valence-corrected chi connectivity index (χ2v) is 6.96. The number of rotatable bonds is 4. The van der Waals surface area contributed by atoms with Crippen molar-refractivity contribution in [2.24, 2.45) is 0 Å². The first-order valence-electron chi connectivity index (χ1n) is 8.25. The third-order valence-corrected chi connectivity index (χ3v) is 3.45. The molecule has 0 amide bonds. The summed E-state index contributed by atoms with van der Waals surface area (Å²) in [5.74, 6) is -0.156. The van der Waals surface area contributed by atoms with Gasteiger partial charge in [-0.2, -0.15) is 0 Å². The van der Waals surface area contributed by atoms with Crippen molar-refractivity contribution in [2.75, 3.05) is 10.6 Å². The summed E-state index contributed by atoms with van der Waals surface area (Å²) < 4.78 is 26.6. The van der Waals surface area contributed by atoms with Crippen LogP contribution in [-0.2, 0) is 0 Å². The number of nitrogens with one attached hydrogen (secondary N) is 2. The number of nitrogens with zero attached hydrogens (tertiary/aromatic N) is 2. The summed E-state index contributed by atoms with van der Waals surface area (Å²) in [4.78, 5) is 9.07. The van der Waals surface area contributed by atoms with E-state index in [1.165, 1.54) is 6.07 Å². The maximum atomic E-state index is 13.5. The van der Waals surface area contributed by atoms with Gasteiger partial charge in [0, 0.05) is 28.9 Å². The van der Waals surface area contributed by atoms with Crippen molar-refractivity contribution in [1.29, 1.82) is 0 Å². The molecule has 0 atom stereocenters. The summed E-state index contributed by atoms with van der Waals surface area (Å²) in [7, 11) is 0. The van der Waals surface area contributed by atoms with E-state index in [-0.39, 0.29) is 5.54 Å². The first-order valence-corrected chi connectivity index (χ1v) is 8.25. The largest absolute Gasteiger partial charge is 0.365 e. The monoisotopic (exact) mass is 354 g/mol. The highest BCUT2D eigenvalue weighted by Crippen LogP contribution is 2.25. The van der Waals surface area contributed by atoms with Gasteiger partial charge in [0.25, 0.3) is 0 Å². The molecule has 1 heterocycles. The van der Waals surface area contributed by atoms with Gasteiger partial charge in [0.05, 0.1) is 0 Å². The fourth-order valence-electron chi connectivity index (χ4n) is 2.40. The van der Waals surface area contributed by atoms with Gasteiger partial charge in [-0.1, -0.05) is 30.3 Å². The average molecular weight is 354 g/mol. The maximum Gasteiger partial charge on any atom is 0.163 e. The van der Waals surface area contributed by atoms with Crippen molar-refractivity contribution in [2.45, 2.75) is 26.3 Å². The van der Waals surface area contributed by atoms with Gasteiger partial charge in [0.2, 0.25) is 0 Å². The zero-order chi connectivity index (χ0) is 18.7. The van der Waals surface area contributed by atoms with E-state index in [1.54, 1.807) is 6.07 Å². The van der Waals surface area contributed by atoms with Crippen LogP contribution in [-0.4, -0.2) is 15.5 Å². The zero-order valence-electron chi connectivity index (χ0n) is 14.8. The molecule has 0 bridgehead atoms. The lowest BCUT2D eigenvalue weighted by atomic mass is 10.1. The summed E-state index contributed by atoms with van der Waals surface area (Å²) in [6.45, 7) is 6.08. The van der Waals surface area contributed by atoms with Gasteiger partial charge in [-0.3, -0.25) is 0 Å². The number of hydrogen-bond acceptors (Lipinski definition) is 4. The quantitative estimate of drug-likeness (QED) is 0.661. The van der Waals surface area contributed by atoms with E-state index < -0.39 is 11.6 Å². The lowest BCUT2D eigenvalue weighted by molar-refractivity contribution is 0.509. The van der Waals surface area contributed by atoms with Gasteiger partial charge in [0.1, 0.15) is 11.6 Å². The second-order valence-electron chi connectivity index (χ2n) is 6.96. The molecule has 26 heavy (non-hydrogen) atoms. The van der Waals surface area contributed by atoms with Crippen LogP contribution in [0.25, 0.3) is 11.4 Å². The van der Waals surface area contributed by atoms with Crippen LogP contribution in [0.3, 0.4) is 0 Å². The molecule has 0 saturated carbocycles. The normalized spacial score (nSPS) is 11.3. The standard InChI is InChI=1S/C20H20F2N4/c1-20(2,3)26-18-12-17(23-14-9-10-15(21)16(22)11-14)24-19(25-18)13-7-5-4-6-8-13/h4-12H,1-3H3,(H2,23,24,25,26). The number of aromatic nitrogens is 2. The summed E-state index contributed by atoms with van der Waals surface area (Å²) >= 11 is 0. The minimum absolute atomic E-state index is 0.193. The Morgan fingerprint density at radius 3 is 2.15 bits per heavy atom. The number of benzene rings is 2. The van der Waals surface area contributed by atoms with E-state index in [9.17, 15) is 8.78 Å². The molecule has 0 unspecified atom stereocenters. The molecule has 6 heteroatoms. The van der Waals surface area contributed by atoms with Gasteiger partial charge in [0.15, 0.2) is 17.5 Å². The Labute approximate surface area is 151 Å². The van der Waals surface area contributed by atoms with Crippen LogP contribution >= 0.6 is 0 Å². The molecule has 0 saturated heterocycles. The maximum absolute atomic E-state index is 13.5. The van der Waals surface area contributed by atoms with Crippen LogP contribution in [0, 0.1) is 11.6 Å². The summed E-state index contributed by atoms with van der Waals surface area (Å²) in [6.07, 6.45) is 0. The molecule has 2 aromatic carbocycles. The number of hydrogen-bond donors (Lipinski definition) is 2. The Kier molecular flexibility index (Phi) is 4.84. The zero-order valence-corrected chi connectivity index (χ0v) is 14.8. The molecular formula is C20H20F2N4. The first kappa shape index (κ1) is 17.8. The minimum atomic E-state index is -0.916. The van der Waals surface area contributed by atoms with E-state index in [2.05, 4.69) is 20.6 Å². The van der Waals surface area contributed by atoms with Crippen LogP contribution in [0.4, 0.5) is 26.1 Å². The third kappa shape index (κ3) is 4.53. The smallest absolute Gasteiger partial charge is 0.163 e. The summed E-state index contributed by atoms with van der Waals surface area (Å²) in [5, 5.41) is 6.32. The lowest BCUT2D eigenvalue weighted by Gasteiger charge is -2.22. The summed E-state index contributed by atoms with van der Waals surface area (Å²) in [5.41, 5.74) is 1.07. The SMILES string of the molecule is CC(C)(C)Nc1cc(Nc2ccc(F)c(F)c2)nc(-c2ccccc2)n1. The molecule has 0 aliphatic carbocycles. The van der Waals surface area contributed by atoms with Gasteiger partial charge in [-0.05, 0) is 32.9 Å². The molecular weight excluding hydrogens is 334 g/mol. The van der Waals surface area contributed by atoms with Crippen LogP contribution in [0.2, 0.25) is 0 Å². The molecule has 3 aromatic rings. The Hall–Kier alpha value is -3.02. The highest BCUT2D eigenvalue weighted by atomic mass is 19.2. The molecule has 3 rings (SSSR count). The second kappa shape index (κ2) is 7.07. The summed E-state index contributed by atoms with van der Waals surface area (Å²) in [6, 6.07) is 14.9. The van der Waals surface area contributed by atoms with Gasteiger partial charge >= 0.3 is 0 Å². The average Bonchev–Trinajstić information content (AvgIpc) is 2.57. The van der Waals surface area contributed by atoms with Gasteiger partial charge < -0.3 is 10.6 Å². The van der Waals surface area contributed by atoms with E-state index in [4.69, 9.17) is 0 Å². The molecule has 0 spiro atoms. The number of halogens is 2. The lowest BCUT2D eigenvalue weighted by Crippen LogP contribution is -2.26. The predicted octanol–water partition coefficient (Wildman–Crippen LogP) is 5.38. The number of anilines is 3. The Morgan fingerprint density at radius 1 is 0.808 bits per heavy atom. The molecule has 2 N–H and O–H groups in total. The van der Waals surface area contributed by atoms with Gasteiger partial charge in [-0.25, -0.2) is 18.7 Å². The van der Waals surface area contributed by atoms with Crippen molar-refractivity contribution in [1.82, 2.24) is 9.97 Å². The van der Waals surface area contributed by atoms with Crippen molar-refractivity contribution < 1.29 is 8.78 Å². The Balaban J connectivity index is 2.00. The topological polar surface area (TPSA) is 49.8 Å². The van der Waals surface area contributed by atoms with E-state index in [0.717, 1.165) is 17.7 Å². The molecule has 0 radical (unpaired) electrons. The fraction of sp³-hybridized carbons (Fsp3) is 0.200. The van der Waals surface area contributed by atoms with Gasteiger partial charge in [-0.15, -0.1) is 0 Å². The molecule has 0 fully saturated rings. The van der Waals surface area contributed by atoms with Crippen LogP contribution in [0.5, 0.6) is 0 Å². The van der Waals surface area contributed by atoms with Crippen molar-refractivity contribution in [3.8, 4) is 11.4 Å².